The van der Waals surface area contributed by atoms with Crippen LogP contribution in [0.5, 0.6) is 0 Å². The van der Waals surface area contributed by atoms with Gasteiger partial charge in [-0.15, -0.1) is 5.10 Å². The smallest absolute Gasteiger partial charge is 0.185 e. The van der Waals surface area contributed by atoms with E-state index in [1.165, 1.54) is 0 Å². The second-order valence-corrected chi connectivity index (χ2v) is 4.94. The van der Waals surface area contributed by atoms with Gasteiger partial charge in [-0.1, -0.05) is 41.6 Å². The molecule has 4 heteroatoms. The van der Waals surface area contributed by atoms with Gasteiger partial charge in [0.25, 0.3) is 0 Å². The fourth-order valence-electron chi connectivity index (χ4n) is 2.14. The van der Waals surface area contributed by atoms with Crippen LogP contribution in [-0.2, 0) is 0 Å². The Labute approximate surface area is 128 Å². The maximum atomic E-state index is 12.2. The molecular formula is C18H15N3O. The summed E-state index contributed by atoms with van der Waals surface area (Å²) in [5.74, 6) is -0.0225. The van der Waals surface area contributed by atoms with Gasteiger partial charge >= 0.3 is 0 Å². The van der Waals surface area contributed by atoms with E-state index >= 15 is 0 Å². The number of carbonyl (C=O) groups excluding carboxylic acids is 1. The molecule has 0 amide bonds. The maximum absolute atomic E-state index is 12.2. The van der Waals surface area contributed by atoms with Crippen LogP contribution in [0.15, 0.2) is 66.9 Å². The molecule has 2 aromatic carbocycles. The summed E-state index contributed by atoms with van der Waals surface area (Å²) in [6.07, 6.45) is 5.10. The van der Waals surface area contributed by atoms with Gasteiger partial charge in [-0.2, -0.15) is 0 Å². The zero-order chi connectivity index (χ0) is 15.4. The molecule has 0 fully saturated rings. The van der Waals surface area contributed by atoms with Crippen molar-refractivity contribution in [2.75, 3.05) is 0 Å². The van der Waals surface area contributed by atoms with Crippen LogP contribution in [0, 0.1) is 6.92 Å². The van der Waals surface area contributed by atoms with Crippen LogP contribution in [0.1, 0.15) is 21.6 Å². The predicted molar refractivity (Wildman–Crippen MR) is 85.9 cm³/mol. The highest BCUT2D eigenvalue weighted by molar-refractivity contribution is 6.06. The van der Waals surface area contributed by atoms with Crippen LogP contribution in [0.2, 0.25) is 0 Å². The highest BCUT2D eigenvalue weighted by Gasteiger charge is 2.05. The first-order chi connectivity index (χ1) is 10.7. The largest absolute Gasteiger partial charge is 0.289 e. The lowest BCUT2D eigenvalue weighted by Crippen LogP contribution is -2.00. The monoisotopic (exact) mass is 289 g/mol. The van der Waals surface area contributed by atoms with Crippen LogP contribution in [-0.4, -0.2) is 20.8 Å². The van der Waals surface area contributed by atoms with E-state index in [0.29, 0.717) is 5.56 Å². The molecule has 0 unspecified atom stereocenters. The third-order valence-corrected chi connectivity index (χ3v) is 3.34. The Morgan fingerprint density at radius 3 is 2.41 bits per heavy atom. The highest BCUT2D eigenvalue weighted by Crippen LogP contribution is 2.12. The van der Waals surface area contributed by atoms with Crippen molar-refractivity contribution in [3.8, 4) is 5.69 Å². The van der Waals surface area contributed by atoms with Crippen LogP contribution in [0.25, 0.3) is 11.8 Å². The van der Waals surface area contributed by atoms with E-state index in [0.717, 1.165) is 16.9 Å². The average molecular weight is 289 g/mol. The third kappa shape index (κ3) is 3.01. The molecule has 0 bridgehead atoms. The molecule has 0 radical (unpaired) electrons. The Kier molecular flexibility index (Phi) is 3.92. The van der Waals surface area contributed by atoms with Gasteiger partial charge in [0.05, 0.1) is 17.6 Å². The Morgan fingerprint density at radius 2 is 1.77 bits per heavy atom. The van der Waals surface area contributed by atoms with Crippen molar-refractivity contribution < 1.29 is 4.79 Å². The average Bonchev–Trinajstić information content (AvgIpc) is 3.00. The summed E-state index contributed by atoms with van der Waals surface area (Å²) >= 11 is 0. The Bertz CT molecular complexity index is 802. The summed E-state index contributed by atoms with van der Waals surface area (Å²) < 4.78 is 1.73. The molecule has 0 aliphatic carbocycles. The summed E-state index contributed by atoms with van der Waals surface area (Å²) in [4.78, 5) is 12.2. The first-order valence-corrected chi connectivity index (χ1v) is 6.99. The van der Waals surface area contributed by atoms with E-state index in [4.69, 9.17) is 0 Å². The Morgan fingerprint density at radius 1 is 1.05 bits per heavy atom. The van der Waals surface area contributed by atoms with Gasteiger partial charge in [0, 0.05) is 5.56 Å². The number of nitrogens with zero attached hydrogens (tertiary/aromatic N) is 3. The molecule has 4 nitrogen and oxygen atoms in total. The van der Waals surface area contributed by atoms with Crippen molar-refractivity contribution in [2.24, 2.45) is 0 Å². The van der Waals surface area contributed by atoms with Gasteiger partial charge in [0.2, 0.25) is 0 Å². The fraction of sp³-hybridized carbons (Fsp3) is 0.0556. The zero-order valence-electron chi connectivity index (χ0n) is 12.2. The van der Waals surface area contributed by atoms with E-state index in [-0.39, 0.29) is 5.78 Å². The molecule has 0 aliphatic rings. The van der Waals surface area contributed by atoms with E-state index in [2.05, 4.69) is 10.3 Å². The minimum atomic E-state index is -0.0225. The topological polar surface area (TPSA) is 47.8 Å². The Hall–Kier alpha value is -3.01. The third-order valence-electron chi connectivity index (χ3n) is 3.34. The van der Waals surface area contributed by atoms with Gasteiger partial charge in [0.1, 0.15) is 0 Å². The molecule has 0 atom stereocenters. The Balaban J connectivity index is 1.77. The summed E-state index contributed by atoms with van der Waals surface area (Å²) in [6.45, 7) is 1.93. The molecular weight excluding hydrogens is 274 g/mol. The number of hydrogen-bond acceptors (Lipinski definition) is 3. The number of aryl methyl sites for hydroxylation is 1. The first kappa shape index (κ1) is 13.9. The maximum Gasteiger partial charge on any atom is 0.185 e. The minimum absolute atomic E-state index is 0.0225. The number of benzene rings is 2. The number of aromatic nitrogens is 3. The van der Waals surface area contributed by atoms with Gasteiger partial charge in [-0.3, -0.25) is 4.79 Å². The number of rotatable bonds is 4. The molecule has 3 rings (SSSR count). The van der Waals surface area contributed by atoms with Crippen LogP contribution < -0.4 is 0 Å². The summed E-state index contributed by atoms with van der Waals surface area (Å²) in [5.41, 5.74) is 3.49. The van der Waals surface area contributed by atoms with Crippen molar-refractivity contribution >= 4 is 11.9 Å². The van der Waals surface area contributed by atoms with E-state index in [9.17, 15) is 4.79 Å². The fourth-order valence-corrected chi connectivity index (χ4v) is 2.14. The normalized spacial score (nSPS) is 11.0. The molecule has 0 spiro atoms. The minimum Gasteiger partial charge on any atom is -0.289 e. The van der Waals surface area contributed by atoms with Crippen molar-refractivity contribution in [1.29, 1.82) is 0 Å². The van der Waals surface area contributed by atoms with Crippen LogP contribution >= 0.6 is 0 Å². The second-order valence-electron chi connectivity index (χ2n) is 4.94. The molecule has 0 saturated carbocycles. The van der Waals surface area contributed by atoms with Gasteiger partial charge in [0.15, 0.2) is 5.78 Å². The molecule has 0 saturated heterocycles. The van der Waals surface area contributed by atoms with Gasteiger partial charge < -0.3 is 0 Å². The lowest BCUT2D eigenvalue weighted by molar-refractivity contribution is 0.104. The van der Waals surface area contributed by atoms with E-state index in [1.807, 2.05) is 55.5 Å². The van der Waals surface area contributed by atoms with Gasteiger partial charge in [-0.25, -0.2) is 4.68 Å². The molecule has 108 valence electrons. The highest BCUT2D eigenvalue weighted by atomic mass is 16.1. The standard InChI is InChI=1S/C18H15N3O/c1-14-13-19-20-21(14)17-10-8-16(9-11-17)18(22)12-7-15-5-3-2-4-6-15/h2-13H,1H3. The summed E-state index contributed by atoms with van der Waals surface area (Å²) in [5, 5.41) is 7.86. The van der Waals surface area contributed by atoms with Crippen molar-refractivity contribution in [3.05, 3.63) is 83.7 Å². The molecule has 1 heterocycles. The number of ketones is 1. The molecule has 22 heavy (non-hydrogen) atoms. The molecule has 0 N–H and O–H groups in total. The number of carbonyl (C=O) groups is 1. The SMILES string of the molecule is Cc1cnnn1-c1ccc(C(=O)C=Cc2ccccc2)cc1. The number of hydrogen-bond donors (Lipinski definition) is 0. The van der Waals surface area contributed by atoms with E-state index < -0.39 is 0 Å². The van der Waals surface area contributed by atoms with Crippen molar-refractivity contribution in [3.63, 3.8) is 0 Å². The second kappa shape index (κ2) is 6.18. The predicted octanol–water partition coefficient (Wildman–Crippen LogP) is 3.47. The van der Waals surface area contributed by atoms with Crippen molar-refractivity contribution in [1.82, 2.24) is 15.0 Å². The zero-order valence-corrected chi connectivity index (χ0v) is 12.2. The molecule has 0 aliphatic heterocycles. The molecule has 1 aromatic heterocycles. The lowest BCUT2D eigenvalue weighted by atomic mass is 10.1. The van der Waals surface area contributed by atoms with Crippen LogP contribution in [0.4, 0.5) is 0 Å². The summed E-state index contributed by atoms with van der Waals surface area (Å²) in [7, 11) is 0. The van der Waals surface area contributed by atoms with Gasteiger partial charge in [-0.05, 0) is 42.8 Å². The van der Waals surface area contributed by atoms with Crippen molar-refractivity contribution in [2.45, 2.75) is 6.92 Å². The van der Waals surface area contributed by atoms with Crippen LogP contribution in [0.3, 0.4) is 0 Å². The summed E-state index contributed by atoms with van der Waals surface area (Å²) in [6, 6.07) is 17.1. The quantitative estimate of drug-likeness (QED) is 0.546. The molecule has 3 aromatic rings. The lowest BCUT2D eigenvalue weighted by Gasteiger charge is -2.03. The van der Waals surface area contributed by atoms with E-state index in [1.54, 1.807) is 29.1 Å². The number of allylic oxidation sites excluding steroid dienone is 1. The first-order valence-electron chi connectivity index (χ1n) is 6.99.